The van der Waals surface area contributed by atoms with Gasteiger partial charge in [0.25, 0.3) is 0 Å². The third-order valence-corrected chi connectivity index (χ3v) is 2.64. The topological polar surface area (TPSA) is 51.8 Å². The quantitative estimate of drug-likeness (QED) is 0.861. The molecule has 0 aliphatic rings. The molecule has 1 heterocycles. The van der Waals surface area contributed by atoms with Crippen LogP contribution in [0.15, 0.2) is 34.8 Å². The Bertz CT molecular complexity index is 497. The predicted octanol–water partition coefficient (Wildman–Crippen LogP) is 2.80. The first-order valence-electron chi connectivity index (χ1n) is 4.52. The van der Waals surface area contributed by atoms with Crippen LogP contribution in [0.1, 0.15) is 5.56 Å². The fourth-order valence-corrected chi connectivity index (χ4v) is 1.68. The minimum absolute atomic E-state index is 0.480. The molecule has 2 N–H and O–H groups in total. The number of aryl methyl sites for hydroxylation is 1. The van der Waals surface area contributed by atoms with Gasteiger partial charge in [-0.2, -0.15) is 0 Å². The van der Waals surface area contributed by atoms with E-state index in [-0.39, 0.29) is 0 Å². The Labute approximate surface area is 96.5 Å². The van der Waals surface area contributed by atoms with E-state index in [0.717, 1.165) is 21.3 Å². The molecule has 0 aliphatic carbocycles. The highest BCUT2D eigenvalue weighted by molar-refractivity contribution is 9.10. The van der Waals surface area contributed by atoms with Gasteiger partial charge in [0.05, 0.1) is 5.69 Å². The molecule has 4 heteroatoms. The smallest absolute Gasteiger partial charge is 0.149 e. The highest BCUT2D eigenvalue weighted by atomic mass is 79.9. The Morgan fingerprint density at radius 3 is 2.67 bits per heavy atom. The fraction of sp³-hybridized carbons (Fsp3) is 0.0909. The highest BCUT2D eigenvalue weighted by Gasteiger charge is 2.03. The number of nitrogens with zero attached hydrogens (tertiary/aromatic N) is 2. The third kappa shape index (κ3) is 2.15. The van der Waals surface area contributed by atoms with Crippen LogP contribution in [0.2, 0.25) is 0 Å². The Morgan fingerprint density at radius 1 is 1.20 bits per heavy atom. The van der Waals surface area contributed by atoms with Crippen LogP contribution in [-0.2, 0) is 0 Å². The van der Waals surface area contributed by atoms with Gasteiger partial charge in [0.2, 0.25) is 0 Å². The molecule has 1 aromatic carbocycles. The first-order valence-corrected chi connectivity index (χ1v) is 5.32. The van der Waals surface area contributed by atoms with Gasteiger partial charge in [0, 0.05) is 10.0 Å². The number of nitrogen functional groups attached to an aromatic ring is 1. The number of rotatable bonds is 1. The maximum atomic E-state index is 5.61. The van der Waals surface area contributed by atoms with Crippen molar-refractivity contribution in [1.82, 2.24) is 10.2 Å². The Balaban J connectivity index is 2.50. The summed E-state index contributed by atoms with van der Waals surface area (Å²) in [7, 11) is 0. The molecule has 0 amide bonds. The van der Waals surface area contributed by atoms with Crippen molar-refractivity contribution in [2.45, 2.75) is 6.92 Å². The van der Waals surface area contributed by atoms with E-state index in [1.165, 1.54) is 0 Å². The fourth-order valence-electron chi connectivity index (χ4n) is 1.28. The van der Waals surface area contributed by atoms with E-state index < -0.39 is 0 Å². The lowest BCUT2D eigenvalue weighted by atomic mass is 10.1. The van der Waals surface area contributed by atoms with Crippen molar-refractivity contribution >= 4 is 21.7 Å². The average Bonchev–Trinajstić information content (AvgIpc) is 2.22. The van der Waals surface area contributed by atoms with Gasteiger partial charge >= 0.3 is 0 Å². The number of anilines is 1. The zero-order valence-corrected chi connectivity index (χ0v) is 9.82. The second kappa shape index (κ2) is 3.98. The molecule has 2 rings (SSSR count). The number of nitrogens with two attached hydrogens (primary N) is 1. The van der Waals surface area contributed by atoms with Gasteiger partial charge in [0.15, 0.2) is 0 Å². The van der Waals surface area contributed by atoms with Crippen LogP contribution < -0.4 is 5.73 Å². The lowest BCUT2D eigenvalue weighted by molar-refractivity contribution is 1.03. The summed E-state index contributed by atoms with van der Waals surface area (Å²) in [6.45, 7) is 1.92. The standard InChI is InChI=1S/C11H10BrN3/c1-7-5-10(14-15-11(7)13)8-3-2-4-9(12)6-8/h2-6H,1H3,(H2,13,15). The largest absolute Gasteiger partial charge is 0.382 e. The van der Waals surface area contributed by atoms with E-state index in [1.54, 1.807) is 0 Å². The van der Waals surface area contributed by atoms with Gasteiger partial charge in [-0.3, -0.25) is 0 Å². The molecular weight excluding hydrogens is 254 g/mol. The first kappa shape index (κ1) is 10.1. The number of benzene rings is 1. The van der Waals surface area contributed by atoms with Crippen molar-refractivity contribution in [2.75, 3.05) is 5.73 Å². The predicted molar refractivity (Wildman–Crippen MR) is 64.3 cm³/mol. The summed E-state index contributed by atoms with van der Waals surface area (Å²) in [6, 6.07) is 9.86. The van der Waals surface area contributed by atoms with E-state index in [9.17, 15) is 0 Å². The first-order chi connectivity index (χ1) is 7.16. The highest BCUT2D eigenvalue weighted by Crippen LogP contribution is 2.22. The van der Waals surface area contributed by atoms with Crippen molar-refractivity contribution in [2.24, 2.45) is 0 Å². The number of halogens is 1. The minimum atomic E-state index is 0.480. The van der Waals surface area contributed by atoms with Crippen molar-refractivity contribution in [1.29, 1.82) is 0 Å². The van der Waals surface area contributed by atoms with Crippen molar-refractivity contribution < 1.29 is 0 Å². The lowest BCUT2D eigenvalue weighted by Gasteiger charge is -2.03. The second-order valence-electron chi connectivity index (χ2n) is 3.31. The van der Waals surface area contributed by atoms with Crippen LogP contribution in [0, 0.1) is 6.92 Å². The molecule has 15 heavy (non-hydrogen) atoms. The van der Waals surface area contributed by atoms with Crippen molar-refractivity contribution in [3.05, 3.63) is 40.4 Å². The van der Waals surface area contributed by atoms with Gasteiger partial charge < -0.3 is 5.73 Å². The zero-order chi connectivity index (χ0) is 10.8. The molecule has 0 saturated carbocycles. The van der Waals surface area contributed by atoms with Gasteiger partial charge in [0.1, 0.15) is 5.82 Å². The molecule has 0 unspecified atom stereocenters. The van der Waals surface area contributed by atoms with E-state index in [1.807, 2.05) is 37.3 Å². The summed E-state index contributed by atoms with van der Waals surface area (Å²) < 4.78 is 1.02. The molecule has 0 atom stereocenters. The molecule has 2 aromatic rings. The number of hydrogen-bond donors (Lipinski definition) is 1. The second-order valence-corrected chi connectivity index (χ2v) is 4.22. The summed E-state index contributed by atoms with van der Waals surface area (Å²) in [5, 5.41) is 7.95. The molecule has 0 bridgehead atoms. The zero-order valence-electron chi connectivity index (χ0n) is 8.24. The van der Waals surface area contributed by atoms with Gasteiger partial charge in [-0.25, -0.2) is 0 Å². The third-order valence-electron chi connectivity index (χ3n) is 2.14. The van der Waals surface area contributed by atoms with E-state index in [0.29, 0.717) is 5.82 Å². The lowest BCUT2D eigenvalue weighted by Crippen LogP contribution is -1.97. The number of aromatic nitrogens is 2. The molecular formula is C11H10BrN3. The Kier molecular flexibility index (Phi) is 2.68. The van der Waals surface area contributed by atoms with E-state index in [2.05, 4.69) is 26.1 Å². The molecule has 0 fully saturated rings. The summed E-state index contributed by atoms with van der Waals surface area (Å²) in [5.41, 5.74) is 8.42. The molecule has 0 spiro atoms. The minimum Gasteiger partial charge on any atom is -0.382 e. The van der Waals surface area contributed by atoms with E-state index >= 15 is 0 Å². The van der Waals surface area contributed by atoms with Gasteiger partial charge in [-0.05, 0) is 30.7 Å². The molecule has 1 aromatic heterocycles. The van der Waals surface area contributed by atoms with Crippen LogP contribution >= 0.6 is 15.9 Å². The Hall–Kier alpha value is -1.42. The van der Waals surface area contributed by atoms with Gasteiger partial charge in [-0.15, -0.1) is 10.2 Å². The van der Waals surface area contributed by atoms with Crippen LogP contribution in [0.4, 0.5) is 5.82 Å². The summed E-state index contributed by atoms with van der Waals surface area (Å²) in [4.78, 5) is 0. The van der Waals surface area contributed by atoms with Crippen molar-refractivity contribution in [3.63, 3.8) is 0 Å². The monoisotopic (exact) mass is 263 g/mol. The number of hydrogen-bond acceptors (Lipinski definition) is 3. The maximum absolute atomic E-state index is 5.61. The van der Waals surface area contributed by atoms with E-state index in [4.69, 9.17) is 5.73 Å². The summed E-state index contributed by atoms with van der Waals surface area (Å²) in [6.07, 6.45) is 0. The SMILES string of the molecule is Cc1cc(-c2cccc(Br)c2)nnc1N. The summed E-state index contributed by atoms with van der Waals surface area (Å²) >= 11 is 3.42. The van der Waals surface area contributed by atoms with Gasteiger partial charge in [-0.1, -0.05) is 28.1 Å². The molecule has 0 aliphatic heterocycles. The van der Waals surface area contributed by atoms with Crippen LogP contribution in [0.3, 0.4) is 0 Å². The van der Waals surface area contributed by atoms with Crippen LogP contribution in [0.25, 0.3) is 11.3 Å². The molecule has 3 nitrogen and oxygen atoms in total. The molecule has 76 valence electrons. The normalized spacial score (nSPS) is 10.3. The van der Waals surface area contributed by atoms with Crippen LogP contribution in [0.5, 0.6) is 0 Å². The van der Waals surface area contributed by atoms with Crippen LogP contribution in [-0.4, -0.2) is 10.2 Å². The maximum Gasteiger partial charge on any atom is 0.149 e. The molecule has 0 saturated heterocycles. The van der Waals surface area contributed by atoms with Crippen molar-refractivity contribution in [3.8, 4) is 11.3 Å². The summed E-state index contributed by atoms with van der Waals surface area (Å²) in [5.74, 6) is 0.480. The average molecular weight is 264 g/mol. The Morgan fingerprint density at radius 2 is 2.00 bits per heavy atom. The molecule has 0 radical (unpaired) electrons.